The maximum atomic E-state index is 11.1. The molecule has 5 heteroatoms. The van der Waals surface area contributed by atoms with Crippen molar-refractivity contribution in [3.8, 4) is 0 Å². The van der Waals surface area contributed by atoms with Crippen LogP contribution in [0.4, 0.5) is 0 Å². The first kappa shape index (κ1) is 13.4. The number of likely N-dealkylation sites (tertiary alicyclic amines) is 1. The van der Waals surface area contributed by atoms with Gasteiger partial charge < -0.3 is 15.6 Å². The van der Waals surface area contributed by atoms with Gasteiger partial charge in [-0.15, -0.1) is 0 Å². The van der Waals surface area contributed by atoms with Crippen LogP contribution in [-0.2, 0) is 9.53 Å². The Balaban J connectivity index is 2.41. The second kappa shape index (κ2) is 6.83. The summed E-state index contributed by atoms with van der Waals surface area (Å²) in [4.78, 5) is 13.1. The zero-order valence-electron chi connectivity index (χ0n) is 9.89. The fraction of sp³-hybridized carbons (Fsp3) is 0.909. The van der Waals surface area contributed by atoms with Crippen molar-refractivity contribution in [1.29, 1.82) is 0 Å². The maximum Gasteiger partial charge on any atom is 0.320 e. The molecule has 0 bridgehead atoms. The molecule has 0 spiro atoms. The van der Waals surface area contributed by atoms with Gasteiger partial charge in [0.25, 0.3) is 0 Å². The molecule has 0 aromatic rings. The highest BCUT2D eigenvalue weighted by Crippen LogP contribution is 2.17. The van der Waals surface area contributed by atoms with Crippen molar-refractivity contribution >= 4 is 5.97 Å². The molecule has 94 valence electrons. The summed E-state index contributed by atoms with van der Waals surface area (Å²) in [6.45, 7) is 4.72. The summed E-state index contributed by atoms with van der Waals surface area (Å²) in [5, 5.41) is 9.10. The molecule has 0 amide bonds. The molecule has 1 saturated heterocycles. The molecule has 1 aliphatic rings. The van der Waals surface area contributed by atoms with Crippen molar-refractivity contribution < 1.29 is 14.6 Å². The third-order valence-corrected chi connectivity index (χ3v) is 3.04. The molecular weight excluding hydrogens is 208 g/mol. The van der Waals surface area contributed by atoms with Crippen LogP contribution in [0.1, 0.15) is 26.2 Å². The molecule has 1 atom stereocenters. The van der Waals surface area contributed by atoms with Crippen molar-refractivity contribution in [2.24, 2.45) is 5.73 Å². The molecule has 1 rings (SSSR count). The fourth-order valence-corrected chi connectivity index (χ4v) is 2.21. The quantitative estimate of drug-likeness (QED) is 0.686. The van der Waals surface area contributed by atoms with E-state index in [2.05, 4.69) is 0 Å². The molecule has 0 saturated carbocycles. The van der Waals surface area contributed by atoms with E-state index in [4.69, 9.17) is 15.6 Å². The topological polar surface area (TPSA) is 75.8 Å². The van der Waals surface area contributed by atoms with Crippen LogP contribution in [0.5, 0.6) is 0 Å². The number of rotatable bonds is 6. The van der Waals surface area contributed by atoms with E-state index < -0.39 is 12.0 Å². The first-order valence-corrected chi connectivity index (χ1v) is 5.97. The summed E-state index contributed by atoms with van der Waals surface area (Å²) in [5.74, 6) is -0.764. The normalized spacial score (nSPS) is 20.9. The molecule has 3 N–H and O–H groups in total. The highest BCUT2D eigenvalue weighted by atomic mass is 16.5. The lowest BCUT2D eigenvalue weighted by Gasteiger charge is -2.35. The molecule has 0 aromatic heterocycles. The number of carboxylic acids is 1. The van der Waals surface area contributed by atoms with Crippen molar-refractivity contribution in [1.82, 2.24) is 4.90 Å². The van der Waals surface area contributed by atoms with Gasteiger partial charge in [0.1, 0.15) is 6.04 Å². The largest absolute Gasteiger partial charge is 0.480 e. The predicted octanol–water partition coefficient (Wildman–Crippen LogP) is 0.289. The van der Waals surface area contributed by atoms with Crippen molar-refractivity contribution in [2.75, 3.05) is 26.2 Å². The minimum atomic E-state index is -0.764. The van der Waals surface area contributed by atoms with Gasteiger partial charge in [0.05, 0.1) is 6.10 Å². The van der Waals surface area contributed by atoms with Gasteiger partial charge in [0.15, 0.2) is 0 Å². The number of carbonyl (C=O) groups is 1. The minimum absolute atomic E-state index is 0.300. The number of ether oxygens (including phenoxy) is 1. The average molecular weight is 230 g/mol. The fourth-order valence-electron chi connectivity index (χ4n) is 2.21. The molecule has 16 heavy (non-hydrogen) atoms. The smallest absolute Gasteiger partial charge is 0.320 e. The van der Waals surface area contributed by atoms with Crippen LogP contribution < -0.4 is 5.73 Å². The minimum Gasteiger partial charge on any atom is -0.480 e. The molecule has 1 aliphatic heterocycles. The lowest BCUT2D eigenvalue weighted by atomic mass is 10.0. The van der Waals surface area contributed by atoms with E-state index in [-0.39, 0.29) is 0 Å². The van der Waals surface area contributed by atoms with E-state index in [0.29, 0.717) is 19.1 Å². The Morgan fingerprint density at radius 2 is 2.19 bits per heavy atom. The SMILES string of the molecule is CCOC1CCN(C(CCN)C(=O)O)CC1. The highest BCUT2D eigenvalue weighted by molar-refractivity contribution is 5.73. The number of aliphatic carboxylic acids is 1. The van der Waals surface area contributed by atoms with Crippen LogP contribution in [0, 0.1) is 0 Å². The number of nitrogens with zero attached hydrogens (tertiary/aromatic N) is 1. The molecule has 0 radical (unpaired) electrons. The van der Waals surface area contributed by atoms with Gasteiger partial charge in [-0.25, -0.2) is 0 Å². The van der Waals surface area contributed by atoms with Crippen LogP contribution >= 0.6 is 0 Å². The van der Waals surface area contributed by atoms with E-state index in [0.717, 1.165) is 32.5 Å². The lowest BCUT2D eigenvalue weighted by Crippen LogP contribution is -2.47. The van der Waals surface area contributed by atoms with E-state index in [9.17, 15) is 4.79 Å². The number of carboxylic acid groups (broad SMARTS) is 1. The third-order valence-electron chi connectivity index (χ3n) is 3.04. The Labute approximate surface area is 96.6 Å². The number of hydrogen-bond acceptors (Lipinski definition) is 4. The van der Waals surface area contributed by atoms with Crippen LogP contribution in [0.15, 0.2) is 0 Å². The molecular formula is C11H22N2O3. The summed E-state index contributed by atoms with van der Waals surface area (Å²) in [6.07, 6.45) is 2.66. The van der Waals surface area contributed by atoms with Crippen LogP contribution in [0.3, 0.4) is 0 Å². The zero-order valence-corrected chi connectivity index (χ0v) is 9.89. The Kier molecular flexibility index (Phi) is 5.73. The number of hydrogen-bond donors (Lipinski definition) is 2. The molecule has 1 heterocycles. The summed E-state index contributed by atoms with van der Waals surface area (Å²) in [7, 11) is 0. The Morgan fingerprint density at radius 3 is 2.62 bits per heavy atom. The molecule has 0 aromatic carbocycles. The van der Waals surface area contributed by atoms with Crippen molar-refractivity contribution in [2.45, 2.75) is 38.3 Å². The monoisotopic (exact) mass is 230 g/mol. The Hall–Kier alpha value is -0.650. The van der Waals surface area contributed by atoms with E-state index in [1.165, 1.54) is 0 Å². The van der Waals surface area contributed by atoms with Gasteiger partial charge >= 0.3 is 5.97 Å². The van der Waals surface area contributed by atoms with Crippen molar-refractivity contribution in [3.63, 3.8) is 0 Å². The average Bonchev–Trinajstić information content (AvgIpc) is 2.27. The maximum absolute atomic E-state index is 11.1. The first-order chi connectivity index (χ1) is 7.69. The number of piperidine rings is 1. The highest BCUT2D eigenvalue weighted by Gasteiger charge is 2.28. The number of nitrogens with two attached hydrogens (primary N) is 1. The molecule has 1 fully saturated rings. The van der Waals surface area contributed by atoms with Crippen LogP contribution in [0.25, 0.3) is 0 Å². The molecule has 5 nitrogen and oxygen atoms in total. The second-order valence-corrected chi connectivity index (χ2v) is 4.12. The van der Waals surface area contributed by atoms with Gasteiger partial charge in [-0.1, -0.05) is 0 Å². The van der Waals surface area contributed by atoms with Gasteiger partial charge in [0, 0.05) is 19.7 Å². The third kappa shape index (κ3) is 3.73. The second-order valence-electron chi connectivity index (χ2n) is 4.12. The summed E-state index contributed by atoms with van der Waals surface area (Å²) >= 11 is 0. The molecule has 0 aliphatic carbocycles. The standard InChI is InChI=1S/C11H22N2O3/c1-2-16-9-4-7-13(8-5-9)10(3-6-12)11(14)15/h9-10H,2-8,12H2,1H3,(H,14,15). The van der Waals surface area contributed by atoms with Crippen molar-refractivity contribution in [3.05, 3.63) is 0 Å². The Morgan fingerprint density at radius 1 is 1.56 bits per heavy atom. The van der Waals surface area contributed by atoms with Crippen LogP contribution in [0.2, 0.25) is 0 Å². The van der Waals surface area contributed by atoms with Crippen LogP contribution in [-0.4, -0.2) is 54.4 Å². The predicted molar refractivity (Wildman–Crippen MR) is 61.3 cm³/mol. The Bertz CT molecular complexity index is 215. The van der Waals surface area contributed by atoms with E-state index >= 15 is 0 Å². The first-order valence-electron chi connectivity index (χ1n) is 5.97. The van der Waals surface area contributed by atoms with Gasteiger partial charge in [-0.2, -0.15) is 0 Å². The molecule has 1 unspecified atom stereocenters. The van der Waals surface area contributed by atoms with E-state index in [1.54, 1.807) is 0 Å². The summed E-state index contributed by atoms with van der Waals surface area (Å²) in [5.41, 5.74) is 5.43. The van der Waals surface area contributed by atoms with Gasteiger partial charge in [0.2, 0.25) is 0 Å². The zero-order chi connectivity index (χ0) is 12.0. The van der Waals surface area contributed by atoms with E-state index in [1.807, 2.05) is 11.8 Å². The lowest BCUT2D eigenvalue weighted by molar-refractivity contribution is -0.144. The van der Waals surface area contributed by atoms with Gasteiger partial charge in [-0.3, -0.25) is 9.69 Å². The van der Waals surface area contributed by atoms with Gasteiger partial charge in [-0.05, 0) is 32.7 Å². The summed E-state index contributed by atoms with van der Waals surface area (Å²) in [6, 6.07) is -0.424. The summed E-state index contributed by atoms with van der Waals surface area (Å²) < 4.78 is 5.53.